The maximum absolute atomic E-state index is 13.8. The summed E-state index contributed by atoms with van der Waals surface area (Å²) in [5, 5.41) is 22.2. The largest absolute Gasteiger partial charge is 0.390 e. The number of fused-ring (bicyclic) bond motifs is 3. The summed E-state index contributed by atoms with van der Waals surface area (Å²) < 4.78 is 0. The van der Waals surface area contributed by atoms with Gasteiger partial charge in [-0.05, 0) is 68.4 Å². The van der Waals surface area contributed by atoms with Gasteiger partial charge in [-0.3, -0.25) is 19.8 Å². The van der Waals surface area contributed by atoms with E-state index in [0.29, 0.717) is 17.8 Å². The zero-order valence-corrected chi connectivity index (χ0v) is 21.3. The Hall–Kier alpha value is -3.44. The fraction of sp³-hybridized carbons (Fsp3) is 0.429. The number of aliphatic hydroxyl groups excluding tert-OH is 2. The molecule has 38 heavy (non-hydrogen) atoms. The van der Waals surface area contributed by atoms with Gasteiger partial charge in [0.25, 0.3) is 0 Å². The van der Waals surface area contributed by atoms with Gasteiger partial charge in [0.15, 0.2) is 0 Å². The number of nitrogens with one attached hydrogen (secondary N) is 1. The first-order valence-corrected chi connectivity index (χ1v) is 13.4. The van der Waals surface area contributed by atoms with Crippen molar-refractivity contribution in [2.45, 2.75) is 57.4 Å². The number of nitrogens with two attached hydrogens (primary N) is 1. The van der Waals surface area contributed by atoms with Crippen molar-refractivity contribution in [2.24, 2.45) is 5.73 Å². The predicted molar refractivity (Wildman–Crippen MR) is 145 cm³/mol. The second kappa shape index (κ2) is 10.4. The molecule has 3 aliphatic rings. The number of pyridine rings is 3. The van der Waals surface area contributed by atoms with Crippen LogP contribution in [-0.2, 0) is 6.61 Å². The number of likely N-dealkylation sites (tertiary alicyclic amines) is 1. The van der Waals surface area contributed by atoms with Gasteiger partial charge >= 0.3 is 6.03 Å². The molecule has 0 radical (unpaired) electrons. The lowest BCUT2D eigenvalue weighted by atomic mass is 9.96. The van der Waals surface area contributed by atoms with E-state index in [0.717, 1.165) is 85.3 Å². The summed E-state index contributed by atoms with van der Waals surface area (Å²) in [7, 11) is 0. The summed E-state index contributed by atoms with van der Waals surface area (Å²) in [5.74, 6) is 0. The molecule has 3 aromatic rings. The molecule has 1 saturated carbocycles. The van der Waals surface area contributed by atoms with E-state index in [4.69, 9.17) is 15.7 Å². The Bertz CT molecular complexity index is 1370. The number of hydrogen-bond acceptors (Lipinski definition) is 8. The van der Waals surface area contributed by atoms with E-state index in [9.17, 15) is 15.0 Å². The fourth-order valence-electron chi connectivity index (χ4n) is 5.95. The summed E-state index contributed by atoms with van der Waals surface area (Å²) in [6.07, 6.45) is 8.45. The van der Waals surface area contributed by atoms with Crippen LogP contribution >= 0.6 is 0 Å². The lowest BCUT2D eigenvalue weighted by Gasteiger charge is -2.42. The third-order valence-corrected chi connectivity index (χ3v) is 7.86. The molecule has 1 unspecified atom stereocenters. The molecule has 6 rings (SSSR count). The Balaban J connectivity index is 1.46. The van der Waals surface area contributed by atoms with Crippen LogP contribution < -0.4 is 16.0 Å². The molecule has 1 atom stereocenters. The second-order valence-corrected chi connectivity index (χ2v) is 10.4. The number of carbonyl (C=O) groups excluding carboxylic acids is 1. The minimum absolute atomic E-state index is 0.0170. The van der Waals surface area contributed by atoms with Crippen LogP contribution in [0.15, 0.2) is 42.2 Å². The molecule has 0 spiro atoms. The number of allylic oxidation sites excluding steroid dienone is 1. The summed E-state index contributed by atoms with van der Waals surface area (Å²) >= 11 is 0. The van der Waals surface area contributed by atoms with E-state index in [1.54, 1.807) is 12.3 Å². The van der Waals surface area contributed by atoms with Gasteiger partial charge in [0.05, 0.1) is 34.9 Å². The minimum Gasteiger partial charge on any atom is -0.390 e. The molecule has 2 fully saturated rings. The molecule has 10 nitrogen and oxygen atoms in total. The van der Waals surface area contributed by atoms with E-state index in [2.05, 4.69) is 15.2 Å². The number of hydrogen-bond donors (Lipinski definition) is 4. The van der Waals surface area contributed by atoms with Crippen molar-refractivity contribution >= 4 is 28.4 Å². The maximum atomic E-state index is 13.8. The zero-order chi connectivity index (χ0) is 26.2. The van der Waals surface area contributed by atoms with Crippen molar-refractivity contribution in [3.05, 3.63) is 53.5 Å². The highest BCUT2D eigenvalue weighted by molar-refractivity contribution is 6.11. The van der Waals surface area contributed by atoms with E-state index < -0.39 is 6.23 Å². The molecule has 0 aromatic carbocycles. The monoisotopic (exact) mass is 515 g/mol. The minimum atomic E-state index is -0.871. The molecule has 2 amide bonds. The van der Waals surface area contributed by atoms with Crippen LogP contribution in [0.1, 0.15) is 49.8 Å². The van der Waals surface area contributed by atoms with Gasteiger partial charge < -0.3 is 21.3 Å². The van der Waals surface area contributed by atoms with Crippen molar-refractivity contribution in [1.29, 1.82) is 0 Å². The molecule has 5 heterocycles. The number of amides is 2. The highest BCUT2D eigenvalue weighted by atomic mass is 16.3. The van der Waals surface area contributed by atoms with Crippen LogP contribution in [0.3, 0.4) is 0 Å². The average molecular weight is 516 g/mol. The smallest absolute Gasteiger partial charge is 0.326 e. The molecule has 10 heteroatoms. The van der Waals surface area contributed by atoms with Crippen molar-refractivity contribution < 1.29 is 15.0 Å². The second-order valence-electron chi connectivity index (χ2n) is 10.4. The molecule has 2 aliphatic heterocycles. The van der Waals surface area contributed by atoms with Gasteiger partial charge in [0, 0.05) is 49.2 Å². The standard InChI is InChI=1S/C28H33N7O3/c29-24(37)15-34-11-9-20(10-12-34)35-27-21(25(33-28(35)38)17-3-1-2-4-17)14-31-23-8-7-22(32-26(23)27)18-5-6-19(16-36)30-13-18/h5-8,13-14,20,24,36-37H,1-4,9-12,15-16,29H2,(H,33,38). The lowest BCUT2D eigenvalue weighted by Crippen LogP contribution is -2.54. The summed E-state index contributed by atoms with van der Waals surface area (Å²) in [5.41, 5.74) is 13.1. The molecular formula is C28H33N7O3. The first kappa shape index (κ1) is 24.9. The lowest BCUT2D eigenvalue weighted by molar-refractivity contribution is 0.101. The van der Waals surface area contributed by atoms with E-state index >= 15 is 0 Å². The van der Waals surface area contributed by atoms with E-state index in [1.807, 2.05) is 29.3 Å². The number of urea groups is 1. The van der Waals surface area contributed by atoms with Gasteiger partial charge in [-0.25, -0.2) is 9.78 Å². The first-order valence-electron chi connectivity index (χ1n) is 13.4. The van der Waals surface area contributed by atoms with Crippen LogP contribution in [-0.4, -0.2) is 68.0 Å². The summed E-state index contributed by atoms with van der Waals surface area (Å²) in [6.45, 7) is 1.80. The third-order valence-electron chi connectivity index (χ3n) is 7.86. The van der Waals surface area contributed by atoms with Crippen molar-refractivity contribution in [1.82, 2.24) is 25.2 Å². The average Bonchev–Trinajstić information content (AvgIpc) is 3.48. The van der Waals surface area contributed by atoms with Gasteiger partial charge in [-0.2, -0.15) is 0 Å². The third kappa shape index (κ3) is 4.64. The van der Waals surface area contributed by atoms with E-state index in [-0.39, 0.29) is 18.7 Å². The van der Waals surface area contributed by atoms with Crippen LogP contribution in [0.2, 0.25) is 0 Å². The molecule has 1 saturated heterocycles. The van der Waals surface area contributed by atoms with Crippen LogP contribution in [0.5, 0.6) is 0 Å². The van der Waals surface area contributed by atoms with Crippen molar-refractivity contribution in [3.63, 3.8) is 0 Å². The van der Waals surface area contributed by atoms with Crippen LogP contribution in [0.4, 0.5) is 10.5 Å². The molecular weight excluding hydrogens is 482 g/mol. The zero-order valence-electron chi connectivity index (χ0n) is 21.3. The predicted octanol–water partition coefficient (Wildman–Crippen LogP) is 2.74. The summed E-state index contributed by atoms with van der Waals surface area (Å²) in [4.78, 5) is 31.9. The first-order chi connectivity index (χ1) is 18.5. The van der Waals surface area contributed by atoms with Gasteiger partial charge in [0.1, 0.15) is 11.7 Å². The number of nitrogens with zero attached hydrogens (tertiary/aromatic N) is 5. The van der Waals surface area contributed by atoms with Gasteiger partial charge in [-0.1, -0.05) is 0 Å². The van der Waals surface area contributed by atoms with Gasteiger partial charge in [0.2, 0.25) is 0 Å². The van der Waals surface area contributed by atoms with Crippen LogP contribution in [0, 0.1) is 0 Å². The number of aliphatic hydroxyl groups is 2. The molecule has 0 bridgehead atoms. The number of β-amino-alcohol motifs (C(OH)–C–C–N with tert-alkyl or cyclic N) is 1. The van der Waals surface area contributed by atoms with Crippen molar-refractivity contribution in [2.75, 3.05) is 24.5 Å². The highest BCUT2D eigenvalue weighted by Gasteiger charge is 2.38. The number of aromatic nitrogens is 3. The highest BCUT2D eigenvalue weighted by Crippen LogP contribution is 2.42. The maximum Gasteiger partial charge on any atom is 0.326 e. The van der Waals surface area contributed by atoms with Crippen LogP contribution in [0.25, 0.3) is 28.0 Å². The SMILES string of the molecule is NC(O)CN1CCC(N2C(=O)NC(=C3CCCC3)c3cnc4ccc(-c5ccc(CO)nc5)nc4c32)CC1. The van der Waals surface area contributed by atoms with Crippen molar-refractivity contribution in [3.8, 4) is 11.3 Å². The molecule has 5 N–H and O–H groups in total. The Morgan fingerprint density at radius 1 is 1.08 bits per heavy atom. The molecule has 1 aliphatic carbocycles. The van der Waals surface area contributed by atoms with E-state index in [1.165, 1.54) is 5.57 Å². The number of carbonyl (C=O) groups is 1. The number of piperidine rings is 1. The topological polar surface area (TPSA) is 141 Å². The van der Waals surface area contributed by atoms with Gasteiger partial charge in [-0.15, -0.1) is 0 Å². The summed E-state index contributed by atoms with van der Waals surface area (Å²) in [6, 6.07) is 7.39. The number of anilines is 1. The Morgan fingerprint density at radius 3 is 2.55 bits per heavy atom. The molecule has 3 aromatic heterocycles. The molecule has 198 valence electrons. The quantitative estimate of drug-likeness (QED) is 0.380. The number of rotatable bonds is 5. The Labute approximate surface area is 221 Å². The Kier molecular flexibility index (Phi) is 6.79. The fourth-order valence-corrected chi connectivity index (χ4v) is 5.95. The normalized spacial score (nSPS) is 19.7. The Morgan fingerprint density at radius 2 is 1.87 bits per heavy atom.